The lowest BCUT2D eigenvalue weighted by Crippen LogP contribution is -2.36. The summed E-state index contributed by atoms with van der Waals surface area (Å²) in [5.41, 5.74) is 0.0680. The van der Waals surface area contributed by atoms with E-state index in [-0.39, 0.29) is 5.69 Å². The summed E-state index contributed by atoms with van der Waals surface area (Å²) in [5, 5.41) is 6.81. The summed E-state index contributed by atoms with van der Waals surface area (Å²) in [4.78, 5) is 23.4. The summed E-state index contributed by atoms with van der Waals surface area (Å²) in [6.45, 7) is 3.23. The van der Waals surface area contributed by atoms with Gasteiger partial charge in [0.1, 0.15) is 5.82 Å². The third kappa shape index (κ3) is 2.38. The second kappa shape index (κ2) is 4.97. The number of amides is 2. The van der Waals surface area contributed by atoms with Crippen LogP contribution in [0, 0.1) is 11.2 Å². The van der Waals surface area contributed by atoms with Crippen molar-refractivity contribution in [2.24, 2.45) is 0 Å². The molecule has 16 heavy (non-hydrogen) atoms. The molecule has 1 aromatic carbocycles. The Labute approximate surface area is 91.5 Å². The highest BCUT2D eigenvalue weighted by atomic mass is 19.1. The number of hydrogen-bond acceptors (Lipinski definition) is 3. The minimum Gasteiger partial charge on any atom is -0.303 e. The van der Waals surface area contributed by atoms with Crippen LogP contribution in [-0.2, 0) is 9.59 Å². The Morgan fingerprint density at radius 1 is 1.38 bits per heavy atom. The van der Waals surface area contributed by atoms with Crippen LogP contribution in [0.15, 0.2) is 36.9 Å². The molecule has 0 spiro atoms. The van der Waals surface area contributed by atoms with Crippen molar-refractivity contribution in [3.05, 3.63) is 42.7 Å². The van der Waals surface area contributed by atoms with Gasteiger partial charge in [-0.05, 0) is 24.3 Å². The summed E-state index contributed by atoms with van der Waals surface area (Å²) >= 11 is 0. The predicted molar refractivity (Wildman–Crippen MR) is 57.9 cm³/mol. The van der Waals surface area contributed by atoms with E-state index in [9.17, 15) is 14.0 Å². The van der Waals surface area contributed by atoms with Crippen molar-refractivity contribution in [1.29, 1.82) is 5.41 Å². The molecule has 0 aromatic heterocycles. The Morgan fingerprint density at radius 2 is 2.06 bits per heavy atom. The summed E-state index contributed by atoms with van der Waals surface area (Å²) in [7, 11) is 0. The van der Waals surface area contributed by atoms with Gasteiger partial charge < -0.3 is 5.41 Å². The van der Waals surface area contributed by atoms with E-state index < -0.39 is 17.6 Å². The molecule has 0 heterocycles. The first-order valence-electron chi connectivity index (χ1n) is 4.36. The smallest absolute Gasteiger partial charge is 0.275 e. The molecule has 0 aliphatic rings. The van der Waals surface area contributed by atoms with Gasteiger partial charge in [0.2, 0.25) is 0 Å². The maximum atomic E-state index is 12.9. The second-order valence-corrected chi connectivity index (χ2v) is 2.84. The highest BCUT2D eigenvalue weighted by molar-refractivity contribution is 6.39. The van der Waals surface area contributed by atoms with Crippen molar-refractivity contribution in [3.8, 4) is 0 Å². The van der Waals surface area contributed by atoms with Gasteiger partial charge in [-0.1, -0.05) is 12.6 Å². The lowest BCUT2D eigenvalue weighted by molar-refractivity contribution is -0.120. The Balaban J connectivity index is 3.20. The van der Waals surface area contributed by atoms with Gasteiger partial charge in [-0.2, -0.15) is 0 Å². The zero-order valence-electron chi connectivity index (χ0n) is 8.31. The van der Waals surface area contributed by atoms with Crippen LogP contribution in [0.3, 0.4) is 0 Å². The molecule has 0 unspecified atom stereocenters. The van der Waals surface area contributed by atoms with E-state index in [4.69, 9.17) is 5.41 Å². The Kier molecular flexibility index (Phi) is 3.66. The molecule has 0 aliphatic carbocycles. The molecule has 5 heteroatoms. The van der Waals surface area contributed by atoms with Gasteiger partial charge in [-0.3, -0.25) is 9.59 Å². The largest absolute Gasteiger partial charge is 0.303 e. The number of nitrogens with zero attached hydrogens (tertiary/aromatic N) is 1. The quantitative estimate of drug-likeness (QED) is 0.620. The topological polar surface area (TPSA) is 61.2 Å². The molecule has 0 radical (unpaired) electrons. The fourth-order valence-corrected chi connectivity index (χ4v) is 1.13. The highest BCUT2D eigenvalue weighted by Gasteiger charge is 2.19. The minimum absolute atomic E-state index is 0.0680. The van der Waals surface area contributed by atoms with Crippen LogP contribution in [0.4, 0.5) is 10.1 Å². The fraction of sp³-hybridized carbons (Fsp3) is 0. The summed E-state index contributed by atoms with van der Waals surface area (Å²) in [5.74, 6) is -2.13. The van der Waals surface area contributed by atoms with Crippen LogP contribution in [0.1, 0.15) is 0 Å². The summed E-state index contributed by atoms with van der Waals surface area (Å²) in [6, 6.07) is 4.98. The molecule has 0 saturated carbocycles. The van der Waals surface area contributed by atoms with Crippen LogP contribution in [-0.4, -0.2) is 18.0 Å². The van der Waals surface area contributed by atoms with Crippen LogP contribution in [0.5, 0.6) is 0 Å². The van der Waals surface area contributed by atoms with E-state index in [1.54, 1.807) is 0 Å². The maximum Gasteiger partial charge on any atom is 0.275 e. The maximum absolute atomic E-state index is 12.9. The van der Waals surface area contributed by atoms with Crippen molar-refractivity contribution in [1.82, 2.24) is 0 Å². The standard InChI is InChI=1S/C11H9FN2O2/c1-2-10(15)14(11(16)7-13)9-5-3-4-8(12)6-9/h2-7,13H,1H2. The van der Waals surface area contributed by atoms with E-state index in [1.807, 2.05) is 0 Å². The molecule has 0 aliphatic heterocycles. The molecule has 2 amide bonds. The molecule has 0 bridgehead atoms. The lowest BCUT2D eigenvalue weighted by Gasteiger charge is -2.16. The third-order valence-electron chi connectivity index (χ3n) is 1.81. The van der Waals surface area contributed by atoms with E-state index in [0.717, 1.165) is 12.1 Å². The van der Waals surface area contributed by atoms with E-state index in [2.05, 4.69) is 6.58 Å². The Hall–Kier alpha value is -2.30. The first-order valence-corrected chi connectivity index (χ1v) is 4.36. The predicted octanol–water partition coefficient (Wildman–Crippen LogP) is 1.52. The Morgan fingerprint density at radius 3 is 2.56 bits per heavy atom. The monoisotopic (exact) mass is 220 g/mol. The van der Waals surface area contributed by atoms with Crippen molar-refractivity contribution >= 4 is 23.7 Å². The van der Waals surface area contributed by atoms with Gasteiger partial charge in [0, 0.05) is 0 Å². The van der Waals surface area contributed by atoms with E-state index in [0.29, 0.717) is 11.1 Å². The van der Waals surface area contributed by atoms with E-state index in [1.165, 1.54) is 18.2 Å². The zero-order chi connectivity index (χ0) is 12.1. The molecule has 0 atom stereocenters. The van der Waals surface area contributed by atoms with Gasteiger partial charge in [0.25, 0.3) is 11.8 Å². The fourth-order valence-electron chi connectivity index (χ4n) is 1.13. The van der Waals surface area contributed by atoms with Crippen LogP contribution in [0.2, 0.25) is 0 Å². The van der Waals surface area contributed by atoms with Crippen LogP contribution < -0.4 is 4.90 Å². The molecule has 82 valence electrons. The average molecular weight is 220 g/mol. The number of halogens is 1. The number of rotatable bonds is 3. The van der Waals surface area contributed by atoms with Crippen molar-refractivity contribution in [2.75, 3.05) is 4.90 Å². The van der Waals surface area contributed by atoms with Crippen molar-refractivity contribution in [2.45, 2.75) is 0 Å². The lowest BCUT2D eigenvalue weighted by atomic mass is 10.2. The molecular formula is C11H9FN2O2. The van der Waals surface area contributed by atoms with Crippen LogP contribution in [0.25, 0.3) is 0 Å². The normalized spacial score (nSPS) is 9.31. The van der Waals surface area contributed by atoms with Crippen LogP contribution >= 0.6 is 0 Å². The number of hydrogen-bond donors (Lipinski definition) is 1. The molecule has 1 aromatic rings. The van der Waals surface area contributed by atoms with Gasteiger partial charge in [0.15, 0.2) is 0 Å². The summed E-state index contributed by atoms with van der Waals surface area (Å²) < 4.78 is 12.9. The van der Waals surface area contributed by atoms with Gasteiger partial charge >= 0.3 is 0 Å². The average Bonchev–Trinajstić information content (AvgIpc) is 2.29. The highest BCUT2D eigenvalue weighted by Crippen LogP contribution is 2.15. The number of carbonyl (C=O) groups is 2. The number of anilines is 1. The molecule has 0 fully saturated rings. The first-order chi connectivity index (χ1) is 7.60. The Bertz CT molecular complexity index is 437. The SMILES string of the molecule is C=CC(=O)N(C(=O)C=N)c1cccc(F)c1. The van der Waals surface area contributed by atoms with Gasteiger partial charge in [-0.15, -0.1) is 0 Å². The van der Waals surface area contributed by atoms with Crippen molar-refractivity contribution in [3.63, 3.8) is 0 Å². The number of nitrogens with one attached hydrogen (secondary N) is 1. The minimum atomic E-state index is -0.851. The molecule has 1 N–H and O–H groups in total. The van der Waals surface area contributed by atoms with E-state index >= 15 is 0 Å². The van der Waals surface area contributed by atoms with Gasteiger partial charge in [-0.25, -0.2) is 9.29 Å². The van der Waals surface area contributed by atoms with Gasteiger partial charge in [0.05, 0.1) is 11.9 Å². The summed E-state index contributed by atoms with van der Waals surface area (Å²) in [6.07, 6.45) is 1.40. The zero-order valence-corrected chi connectivity index (χ0v) is 8.31. The number of imide groups is 1. The number of carbonyl (C=O) groups excluding carboxylic acids is 2. The second-order valence-electron chi connectivity index (χ2n) is 2.84. The molecule has 1 rings (SSSR count). The molecular weight excluding hydrogens is 211 g/mol. The third-order valence-corrected chi connectivity index (χ3v) is 1.81. The number of benzene rings is 1. The first kappa shape index (κ1) is 11.8. The van der Waals surface area contributed by atoms with Crippen molar-refractivity contribution < 1.29 is 14.0 Å². The molecule has 4 nitrogen and oxygen atoms in total. The molecule has 0 saturated heterocycles.